The number of methoxy groups -OCH3 is 1. The van der Waals surface area contributed by atoms with E-state index in [2.05, 4.69) is 59.2 Å². The van der Waals surface area contributed by atoms with Crippen molar-refractivity contribution in [1.29, 1.82) is 0 Å². The van der Waals surface area contributed by atoms with Crippen molar-refractivity contribution < 1.29 is 9.26 Å². The summed E-state index contributed by atoms with van der Waals surface area (Å²) in [5.74, 6) is 1.15. The highest BCUT2D eigenvalue weighted by molar-refractivity contribution is 5.66. The summed E-state index contributed by atoms with van der Waals surface area (Å²) in [7, 11) is 1.73. The molecule has 3 aromatic rings. The largest absolute Gasteiger partial charge is 0.380 e. The van der Waals surface area contributed by atoms with Crippen molar-refractivity contribution in [2.75, 3.05) is 18.6 Å². The molecule has 5 nitrogen and oxygen atoms in total. The number of aryl methyl sites for hydroxylation is 1. The predicted octanol–water partition coefficient (Wildman–Crippen LogP) is 5.24. The van der Waals surface area contributed by atoms with Crippen molar-refractivity contribution in [3.05, 3.63) is 53.6 Å². The Morgan fingerprint density at radius 3 is 2.82 bits per heavy atom. The Morgan fingerprint density at radius 2 is 2.04 bits per heavy atom. The lowest BCUT2D eigenvalue weighted by Crippen LogP contribution is -2.38. The molecular weight excluding hydrogens is 350 g/mol. The maximum absolute atomic E-state index is 5.57. The maximum Gasteiger partial charge on any atom is 0.258 e. The SMILES string of the molecule is COCc1cc(-c2nc(-c3cccc(C)c3)no2)ccc1N1CCCCC1C. The third-order valence-electron chi connectivity index (χ3n) is 5.44. The molecule has 2 heterocycles. The van der Waals surface area contributed by atoms with Crippen molar-refractivity contribution in [1.82, 2.24) is 10.1 Å². The van der Waals surface area contributed by atoms with Crippen molar-refractivity contribution in [3.63, 3.8) is 0 Å². The summed E-state index contributed by atoms with van der Waals surface area (Å²) >= 11 is 0. The Labute approximate surface area is 166 Å². The molecule has 0 radical (unpaired) electrons. The van der Waals surface area contributed by atoms with Gasteiger partial charge in [-0.05, 0) is 57.4 Å². The van der Waals surface area contributed by atoms with Gasteiger partial charge in [-0.1, -0.05) is 28.9 Å². The number of piperidine rings is 1. The second kappa shape index (κ2) is 8.15. The zero-order valence-corrected chi connectivity index (χ0v) is 16.8. The predicted molar refractivity (Wildman–Crippen MR) is 111 cm³/mol. The normalized spacial score (nSPS) is 17.1. The number of benzene rings is 2. The molecule has 4 rings (SSSR count). The van der Waals surface area contributed by atoms with Gasteiger partial charge in [-0.25, -0.2) is 0 Å². The van der Waals surface area contributed by atoms with Crippen LogP contribution >= 0.6 is 0 Å². The van der Waals surface area contributed by atoms with E-state index in [0.29, 0.717) is 24.4 Å². The lowest BCUT2D eigenvalue weighted by Gasteiger charge is -2.36. The van der Waals surface area contributed by atoms with E-state index in [0.717, 1.165) is 23.2 Å². The van der Waals surface area contributed by atoms with Crippen molar-refractivity contribution in [2.45, 2.75) is 45.8 Å². The first-order valence-corrected chi connectivity index (χ1v) is 9.95. The molecule has 1 aromatic heterocycles. The molecule has 1 saturated heterocycles. The standard InChI is InChI=1S/C23H27N3O2/c1-16-7-6-9-18(13-16)22-24-23(28-25-22)19-10-11-21(20(14-19)15-27-3)26-12-5-4-8-17(26)2/h6-7,9-11,13-14,17H,4-5,8,12,15H2,1-3H3. The van der Waals surface area contributed by atoms with Gasteiger partial charge in [-0.3, -0.25) is 0 Å². The number of aromatic nitrogens is 2. The van der Waals surface area contributed by atoms with Gasteiger partial charge >= 0.3 is 0 Å². The van der Waals surface area contributed by atoms with E-state index in [1.807, 2.05) is 12.1 Å². The minimum absolute atomic E-state index is 0.534. The fraction of sp³-hybridized carbons (Fsp3) is 0.391. The van der Waals surface area contributed by atoms with Gasteiger partial charge in [0.25, 0.3) is 5.89 Å². The summed E-state index contributed by atoms with van der Waals surface area (Å²) in [6.07, 6.45) is 3.78. The Hall–Kier alpha value is -2.66. The van der Waals surface area contributed by atoms with Crippen LogP contribution < -0.4 is 4.90 Å². The summed E-state index contributed by atoms with van der Waals surface area (Å²) in [5.41, 5.74) is 5.46. The molecule has 5 heteroatoms. The molecule has 146 valence electrons. The van der Waals surface area contributed by atoms with E-state index in [9.17, 15) is 0 Å². The van der Waals surface area contributed by atoms with Crippen molar-refractivity contribution in [3.8, 4) is 22.8 Å². The zero-order valence-electron chi connectivity index (χ0n) is 16.8. The molecular formula is C23H27N3O2. The fourth-order valence-electron chi connectivity index (χ4n) is 3.97. The van der Waals surface area contributed by atoms with Crippen LogP contribution in [-0.4, -0.2) is 29.8 Å². The second-order valence-electron chi connectivity index (χ2n) is 7.61. The molecule has 0 saturated carbocycles. The van der Waals surface area contributed by atoms with E-state index in [1.165, 1.54) is 30.5 Å². The number of anilines is 1. The van der Waals surface area contributed by atoms with Crippen LogP contribution in [0, 0.1) is 6.92 Å². The number of hydrogen-bond acceptors (Lipinski definition) is 5. The molecule has 1 aliphatic heterocycles. The molecule has 1 unspecified atom stereocenters. The number of ether oxygens (including phenoxy) is 1. The molecule has 0 bridgehead atoms. The van der Waals surface area contributed by atoms with Crippen LogP contribution in [0.15, 0.2) is 47.0 Å². The number of hydrogen-bond donors (Lipinski definition) is 0. The van der Waals surface area contributed by atoms with E-state index in [-0.39, 0.29) is 0 Å². The maximum atomic E-state index is 5.57. The van der Waals surface area contributed by atoms with Crippen LogP contribution in [0.4, 0.5) is 5.69 Å². The van der Waals surface area contributed by atoms with Gasteiger partial charge in [0.2, 0.25) is 5.82 Å². The summed E-state index contributed by atoms with van der Waals surface area (Å²) < 4.78 is 11.0. The number of nitrogens with zero attached hydrogens (tertiary/aromatic N) is 3. The van der Waals surface area contributed by atoms with Crippen LogP contribution in [0.5, 0.6) is 0 Å². The molecule has 1 fully saturated rings. The lowest BCUT2D eigenvalue weighted by atomic mass is 10.00. The van der Waals surface area contributed by atoms with Gasteiger partial charge in [0.05, 0.1) is 6.61 Å². The second-order valence-corrected chi connectivity index (χ2v) is 7.61. The van der Waals surface area contributed by atoms with Crippen LogP contribution in [0.25, 0.3) is 22.8 Å². The summed E-state index contributed by atoms with van der Waals surface area (Å²) in [6, 6.07) is 15.0. The van der Waals surface area contributed by atoms with Gasteiger partial charge in [-0.15, -0.1) is 0 Å². The van der Waals surface area contributed by atoms with E-state index < -0.39 is 0 Å². The molecule has 28 heavy (non-hydrogen) atoms. The molecule has 0 amide bonds. The Balaban J connectivity index is 1.66. The third-order valence-corrected chi connectivity index (χ3v) is 5.44. The first-order valence-electron chi connectivity index (χ1n) is 9.95. The van der Waals surface area contributed by atoms with Crippen molar-refractivity contribution >= 4 is 5.69 Å². The Kier molecular flexibility index (Phi) is 5.44. The van der Waals surface area contributed by atoms with Crippen molar-refractivity contribution in [2.24, 2.45) is 0 Å². The van der Waals surface area contributed by atoms with Gasteiger partial charge in [0.1, 0.15) is 0 Å². The molecule has 1 aliphatic rings. The molecule has 0 aliphatic carbocycles. The minimum atomic E-state index is 0.534. The summed E-state index contributed by atoms with van der Waals surface area (Å²) in [5, 5.41) is 4.18. The highest BCUT2D eigenvalue weighted by Gasteiger charge is 2.22. The van der Waals surface area contributed by atoms with Gasteiger partial charge < -0.3 is 14.2 Å². The van der Waals surface area contributed by atoms with Gasteiger partial charge in [0.15, 0.2) is 0 Å². The van der Waals surface area contributed by atoms with Crippen LogP contribution in [0.2, 0.25) is 0 Å². The van der Waals surface area contributed by atoms with Crippen LogP contribution in [0.1, 0.15) is 37.3 Å². The van der Waals surface area contributed by atoms with Crippen LogP contribution in [-0.2, 0) is 11.3 Å². The van der Waals surface area contributed by atoms with E-state index in [4.69, 9.17) is 9.26 Å². The number of rotatable bonds is 5. The average Bonchev–Trinajstić information content (AvgIpc) is 3.19. The highest BCUT2D eigenvalue weighted by Crippen LogP contribution is 2.32. The Morgan fingerprint density at radius 1 is 1.14 bits per heavy atom. The first kappa shape index (κ1) is 18.7. The third kappa shape index (κ3) is 3.80. The molecule has 0 spiro atoms. The topological polar surface area (TPSA) is 51.4 Å². The lowest BCUT2D eigenvalue weighted by molar-refractivity contribution is 0.185. The molecule has 0 N–H and O–H groups in total. The van der Waals surface area contributed by atoms with E-state index >= 15 is 0 Å². The fourth-order valence-corrected chi connectivity index (χ4v) is 3.97. The first-order chi connectivity index (χ1) is 13.7. The minimum Gasteiger partial charge on any atom is -0.380 e. The zero-order chi connectivity index (χ0) is 19.5. The summed E-state index contributed by atoms with van der Waals surface area (Å²) in [6.45, 7) is 6.01. The van der Waals surface area contributed by atoms with E-state index in [1.54, 1.807) is 7.11 Å². The summed E-state index contributed by atoms with van der Waals surface area (Å²) in [4.78, 5) is 7.11. The highest BCUT2D eigenvalue weighted by atomic mass is 16.5. The van der Waals surface area contributed by atoms with Crippen LogP contribution in [0.3, 0.4) is 0 Å². The molecule has 2 aromatic carbocycles. The smallest absolute Gasteiger partial charge is 0.258 e. The Bertz CT molecular complexity index is 951. The quantitative estimate of drug-likeness (QED) is 0.609. The average molecular weight is 377 g/mol. The van der Waals surface area contributed by atoms with Gasteiger partial charge in [0, 0.05) is 42.1 Å². The monoisotopic (exact) mass is 377 g/mol. The molecule has 1 atom stereocenters. The van der Waals surface area contributed by atoms with Gasteiger partial charge in [-0.2, -0.15) is 4.98 Å².